The Hall–Kier alpha value is -2.90. The lowest BCUT2D eigenvalue weighted by atomic mass is 10.1. The Balaban J connectivity index is 1.49. The minimum atomic E-state index is -0.121. The van der Waals surface area contributed by atoms with Crippen molar-refractivity contribution in [2.75, 3.05) is 11.1 Å². The normalized spacial score (nSPS) is 12.8. The molecule has 162 valence electrons. The van der Waals surface area contributed by atoms with Crippen LogP contribution < -0.4 is 10.9 Å². The summed E-state index contributed by atoms with van der Waals surface area (Å²) in [6.45, 7) is 4.01. The van der Waals surface area contributed by atoms with E-state index in [4.69, 9.17) is 4.98 Å². The second kappa shape index (κ2) is 8.56. The molecular formula is C25H23N3O2S2. The van der Waals surface area contributed by atoms with Gasteiger partial charge in [0.05, 0.1) is 16.8 Å². The standard InChI is InChI=1S/C25H23N3O2S2/c1-15-11-12-19(16(2)13-15)26-21(29)14-31-25-27-23-22(18-9-6-10-20(18)32-23)24(30)28(25)17-7-4-3-5-8-17/h3-5,7-8,11-13H,6,9-10,14H2,1-2H3,(H,26,29). The third-order valence-corrected chi connectivity index (χ3v) is 7.84. The molecule has 5 nitrogen and oxygen atoms in total. The summed E-state index contributed by atoms with van der Waals surface area (Å²) in [5, 5.41) is 4.27. The molecule has 2 heterocycles. The van der Waals surface area contributed by atoms with Gasteiger partial charge in [0.1, 0.15) is 4.83 Å². The number of nitrogens with one attached hydrogen (secondary N) is 1. The van der Waals surface area contributed by atoms with Gasteiger partial charge in [-0.3, -0.25) is 14.2 Å². The predicted octanol–water partition coefficient (Wildman–Crippen LogP) is 5.28. The average molecular weight is 462 g/mol. The Morgan fingerprint density at radius 1 is 1.16 bits per heavy atom. The van der Waals surface area contributed by atoms with E-state index in [0.717, 1.165) is 57.5 Å². The van der Waals surface area contributed by atoms with Crippen molar-refractivity contribution in [3.63, 3.8) is 0 Å². The molecule has 1 amide bonds. The molecule has 1 aliphatic rings. The number of amides is 1. The summed E-state index contributed by atoms with van der Waals surface area (Å²) in [5.74, 6) is 0.0491. The molecule has 0 saturated carbocycles. The molecule has 0 radical (unpaired) electrons. The van der Waals surface area contributed by atoms with Gasteiger partial charge in [-0.15, -0.1) is 11.3 Å². The molecule has 0 unspecified atom stereocenters. The van der Waals surface area contributed by atoms with Crippen LogP contribution in [0, 0.1) is 13.8 Å². The molecule has 32 heavy (non-hydrogen) atoms. The van der Waals surface area contributed by atoms with E-state index in [1.54, 1.807) is 15.9 Å². The minimum absolute atomic E-state index is 0.0436. The summed E-state index contributed by atoms with van der Waals surface area (Å²) < 4.78 is 1.66. The Morgan fingerprint density at radius 3 is 2.75 bits per heavy atom. The number of benzene rings is 2. The van der Waals surface area contributed by atoms with Gasteiger partial charge in [0.15, 0.2) is 5.16 Å². The first kappa shape index (κ1) is 21.0. The van der Waals surface area contributed by atoms with Crippen molar-refractivity contribution in [3.05, 3.63) is 80.5 Å². The zero-order chi connectivity index (χ0) is 22.2. The maximum atomic E-state index is 13.6. The molecular weight excluding hydrogens is 438 g/mol. The molecule has 0 aliphatic heterocycles. The highest BCUT2D eigenvalue weighted by Gasteiger charge is 2.24. The van der Waals surface area contributed by atoms with E-state index in [2.05, 4.69) is 5.32 Å². The van der Waals surface area contributed by atoms with E-state index in [9.17, 15) is 9.59 Å². The van der Waals surface area contributed by atoms with Crippen molar-refractivity contribution in [2.45, 2.75) is 38.3 Å². The van der Waals surface area contributed by atoms with E-state index < -0.39 is 0 Å². The summed E-state index contributed by atoms with van der Waals surface area (Å²) >= 11 is 2.91. The minimum Gasteiger partial charge on any atom is -0.325 e. The number of thioether (sulfide) groups is 1. The van der Waals surface area contributed by atoms with Crippen LogP contribution in [0.15, 0.2) is 58.5 Å². The first-order valence-corrected chi connectivity index (χ1v) is 12.4. The molecule has 0 spiro atoms. The monoisotopic (exact) mass is 461 g/mol. The fourth-order valence-corrected chi connectivity index (χ4v) is 6.31. The van der Waals surface area contributed by atoms with Gasteiger partial charge in [-0.05, 0) is 62.4 Å². The van der Waals surface area contributed by atoms with Gasteiger partial charge in [0, 0.05) is 10.6 Å². The van der Waals surface area contributed by atoms with Crippen molar-refractivity contribution < 1.29 is 4.79 Å². The fourth-order valence-electron chi connectivity index (χ4n) is 4.20. The molecule has 0 atom stereocenters. The third-order valence-electron chi connectivity index (χ3n) is 5.71. The summed E-state index contributed by atoms with van der Waals surface area (Å²) in [6.07, 6.45) is 3.05. The number of fused-ring (bicyclic) bond motifs is 3. The molecule has 1 aliphatic carbocycles. The van der Waals surface area contributed by atoms with Gasteiger partial charge in [-0.25, -0.2) is 4.98 Å². The summed E-state index contributed by atoms with van der Waals surface area (Å²) in [5.41, 5.74) is 4.87. The second-order valence-corrected chi connectivity index (χ2v) is 10.1. The number of carbonyl (C=O) groups excluding carboxylic acids is 1. The number of aryl methyl sites for hydroxylation is 4. The molecule has 5 rings (SSSR count). The van der Waals surface area contributed by atoms with Crippen molar-refractivity contribution >= 4 is 44.9 Å². The quantitative estimate of drug-likeness (QED) is 0.324. The predicted molar refractivity (Wildman–Crippen MR) is 133 cm³/mol. The smallest absolute Gasteiger partial charge is 0.267 e. The Morgan fingerprint density at radius 2 is 1.97 bits per heavy atom. The number of hydrogen-bond donors (Lipinski definition) is 1. The van der Waals surface area contributed by atoms with E-state index in [0.29, 0.717) is 5.16 Å². The first-order chi connectivity index (χ1) is 15.5. The van der Waals surface area contributed by atoms with Gasteiger partial charge in [0.2, 0.25) is 5.91 Å². The molecule has 2 aromatic carbocycles. The lowest BCUT2D eigenvalue weighted by Crippen LogP contribution is -2.23. The van der Waals surface area contributed by atoms with Crippen LogP contribution in [-0.4, -0.2) is 21.2 Å². The van der Waals surface area contributed by atoms with Crippen LogP contribution in [0.5, 0.6) is 0 Å². The third kappa shape index (κ3) is 3.87. The number of nitrogens with zero attached hydrogens (tertiary/aromatic N) is 2. The summed E-state index contributed by atoms with van der Waals surface area (Å²) in [6, 6.07) is 15.5. The molecule has 2 aromatic heterocycles. The zero-order valence-electron chi connectivity index (χ0n) is 18.0. The van der Waals surface area contributed by atoms with Gasteiger partial charge < -0.3 is 5.32 Å². The number of thiophene rings is 1. The number of para-hydroxylation sites is 1. The number of rotatable bonds is 5. The highest BCUT2D eigenvalue weighted by atomic mass is 32.2. The van der Waals surface area contributed by atoms with Crippen LogP contribution in [0.2, 0.25) is 0 Å². The van der Waals surface area contributed by atoms with Crippen molar-refractivity contribution in [1.82, 2.24) is 9.55 Å². The number of anilines is 1. The lowest BCUT2D eigenvalue weighted by Gasteiger charge is -2.13. The van der Waals surface area contributed by atoms with Crippen LogP contribution in [0.25, 0.3) is 15.9 Å². The average Bonchev–Trinajstić information content (AvgIpc) is 3.36. The molecule has 4 aromatic rings. The van der Waals surface area contributed by atoms with Crippen LogP contribution in [-0.2, 0) is 17.6 Å². The Bertz CT molecular complexity index is 1390. The largest absolute Gasteiger partial charge is 0.325 e. The van der Waals surface area contributed by atoms with E-state index in [1.807, 2.05) is 62.4 Å². The van der Waals surface area contributed by atoms with E-state index >= 15 is 0 Å². The zero-order valence-corrected chi connectivity index (χ0v) is 19.6. The topological polar surface area (TPSA) is 64.0 Å². The van der Waals surface area contributed by atoms with Gasteiger partial charge >= 0.3 is 0 Å². The van der Waals surface area contributed by atoms with Crippen molar-refractivity contribution in [2.24, 2.45) is 0 Å². The molecule has 0 saturated heterocycles. The van der Waals surface area contributed by atoms with E-state index in [1.165, 1.54) is 16.6 Å². The summed E-state index contributed by atoms with van der Waals surface area (Å²) in [4.78, 5) is 33.2. The number of carbonyl (C=O) groups is 1. The van der Waals surface area contributed by atoms with Gasteiger partial charge in [-0.2, -0.15) is 0 Å². The first-order valence-electron chi connectivity index (χ1n) is 10.6. The van der Waals surface area contributed by atoms with Crippen LogP contribution >= 0.6 is 23.1 Å². The highest BCUT2D eigenvalue weighted by molar-refractivity contribution is 7.99. The highest BCUT2D eigenvalue weighted by Crippen LogP contribution is 2.36. The second-order valence-electron chi connectivity index (χ2n) is 8.06. The lowest BCUT2D eigenvalue weighted by molar-refractivity contribution is -0.113. The molecule has 1 N–H and O–H groups in total. The fraction of sp³-hybridized carbons (Fsp3) is 0.240. The van der Waals surface area contributed by atoms with Crippen molar-refractivity contribution in [3.8, 4) is 5.69 Å². The van der Waals surface area contributed by atoms with Gasteiger partial charge in [-0.1, -0.05) is 47.7 Å². The van der Waals surface area contributed by atoms with Crippen molar-refractivity contribution in [1.29, 1.82) is 0 Å². The maximum Gasteiger partial charge on any atom is 0.267 e. The van der Waals surface area contributed by atoms with Crippen LogP contribution in [0.1, 0.15) is 28.0 Å². The molecule has 7 heteroatoms. The molecule has 0 bridgehead atoms. The van der Waals surface area contributed by atoms with Gasteiger partial charge in [0.25, 0.3) is 5.56 Å². The summed E-state index contributed by atoms with van der Waals surface area (Å²) in [7, 11) is 0. The van der Waals surface area contributed by atoms with E-state index in [-0.39, 0.29) is 17.2 Å². The molecule has 0 fully saturated rings. The SMILES string of the molecule is Cc1ccc(NC(=O)CSc2nc3sc4c(c3c(=O)n2-c2ccccc2)CCC4)c(C)c1. The maximum absolute atomic E-state index is 13.6. The Kier molecular flexibility index (Phi) is 5.61. The van der Waals surface area contributed by atoms with Crippen LogP contribution in [0.4, 0.5) is 5.69 Å². The number of aromatic nitrogens is 2. The number of hydrogen-bond acceptors (Lipinski definition) is 5. The van der Waals surface area contributed by atoms with Crippen LogP contribution in [0.3, 0.4) is 0 Å². The Labute approximate surface area is 194 Å².